The molecular weight excluding hydrogens is 208 g/mol. The van der Waals surface area contributed by atoms with Crippen LogP contribution in [-0.4, -0.2) is 19.6 Å². The van der Waals surface area contributed by atoms with E-state index in [9.17, 15) is 0 Å². The molecule has 0 aliphatic rings. The fourth-order valence-corrected chi connectivity index (χ4v) is 2.00. The van der Waals surface area contributed by atoms with E-state index in [1.54, 1.807) is 0 Å². The van der Waals surface area contributed by atoms with E-state index < -0.39 is 0 Å². The SMILES string of the molecule is CCN(C)c1c(Cl)cccc1CC(C)N. The molecule has 0 aromatic heterocycles. The van der Waals surface area contributed by atoms with Crippen molar-refractivity contribution < 1.29 is 0 Å². The fourth-order valence-electron chi connectivity index (χ4n) is 1.66. The van der Waals surface area contributed by atoms with Crippen LogP contribution in [0.5, 0.6) is 0 Å². The predicted octanol–water partition coefficient (Wildman–Crippen LogP) is 2.69. The zero-order valence-corrected chi connectivity index (χ0v) is 10.4. The molecule has 1 aromatic carbocycles. The maximum Gasteiger partial charge on any atom is 0.0642 e. The number of rotatable bonds is 4. The maximum atomic E-state index is 6.20. The molecule has 2 nitrogen and oxygen atoms in total. The molecule has 0 aliphatic heterocycles. The van der Waals surface area contributed by atoms with Crippen LogP contribution in [0.2, 0.25) is 5.02 Å². The van der Waals surface area contributed by atoms with Crippen LogP contribution >= 0.6 is 11.6 Å². The average Bonchev–Trinajstić information content (AvgIpc) is 2.16. The van der Waals surface area contributed by atoms with Gasteiger partial charge in [-0.25, -0.2) is 0 Å². The minimum Gasteiger partial charge on any atom is -0.373 e. The van der Waals surface area contributed by atoms with Gasteiger partial charge in [0.1, 0.15) is 0 Å². The van der Waals surface area contributed by atoms with E-state index >= 15 is 0 Å². The number of anilines is 1. The van der Waals surface area contributed by atoms with E-state index in [1.807, 2.05) is 26.1 Å². The number of hydrogen-bond donors (Lipinski definition) is 1. The van der Waals surface area contributed by atoms with Gasteiger partial charge in [-0.3, -0.25) is 0 Å². The number of hydrogen-bond acceptors (Lipinski definition) is 2. The van der Waals surface area contributed by atoms with Gasteiger partial charge >= 0.3 is 0 Å². The molecule has 15 heavy (non-hydrogen) atoms. The molecule has 1 aromatic rings. The quantitative estimate of drug-likeness (QED) is 0.856. The molecule has 0 spiro atoms. The lowest BCUT2D eigenvalue weighted by molar-refractivity contribution is 0.735. The monoisotopic (exact) mass is 226 g/mol. The first-order valence-corrected chi connectivity index (χ1v) is 5.68. The fraction of sp³-hybridized carbons (Fsp3) is 0.500. The maximum absolute atomic E-state index is 6.20. The van der Waals surface area contributed by atoms with Gasteiger partial charge in [-0.1, -0.05) is 23.7 Å². The van der Waals surface area contributed by atoms with Gasteiger partial charge in [0.2, 0.25) is 0 Å². The van der Waals surface area contributed by atoms with Crippen molar-refractivity contribution in [1.29, 1.82) is 0 Å². The van der Waals surface area contributed by atoms with Gasteiger partial charge in [0.05, 0.1) is 10.7 Å². The molecule has 2 N–H and O–H groups in total. The summed E-state index contributed by atoms with van der Waals surface area (Å²) >= 11 is 6.20. The highest BCUT2D eigenvalue weighted by Crippen LogP contribution is 2.29. The Labute approximate surface area is 97.0 Å². The molecule has 0 saturated carbocycles. The Morgan fingerprint density at radius 2 is 2.13 bits per heavy atom. The zero-order chi connectivity index (χ0) is 11.4. The Hall–Kier alpha value is -0.730. The summed E-state index contributed by atoms with van der Waals surface area (Å²) in [5, 5.41) is 0.803. The summed E-state index contributed by atoms with van der Waals surface area (Å²) in [5.41, 5.74) is 8.16. The Morgan fingerprint density at radius 1 is 1.47 bits per heavy atom. The number of halogens is 1. The van der Waals surface area contributed by atoms with Crippen LogP contribution < -0.4 is 10.6 Å². The first kappa shape index (κ1) is 12.3. The van der Waals surface area contributed by atoms with E-state index in [0.717, 1.165) is 23.7 Å². The molecule has 0 heterocycles. The molecule has 0 amide bonds. The molecule has 3 heteroatoms. The summed E-state index contributed by atoms with van der Waals surface area (Å²) in [7, 11) is 2.05. The third-order valence-corrected chi connectivity index (χ3v) is 2.77. The van der Waals surface area contributed by atoms with Gasteiger partial charge in [-0.05, 0) is 31.9 Å². The van der Waals surface area contributed by atoms with E-state index in [2.05, 4.69) is 17.9 Å². The second kappa shape index (κ2) is 5.38. The Bertz CT molecular complexity index is 323. The topological polar surface area (TPSA) is 29.3 Å². The van der Waals surface area contributed by atoms with Crippen LogP contribution in [0, 0.1) is 0 Å². The van der Waals surface area contributed by atoms with Crippen molar-refractivity contribution in [3.05, 3.63) is 28.8 Å². The molecule has 0 radical (unpaired) electrons. The van der Waals surface area contributed by atoms with Gasteiger partial charge in [-0.15, -0.1) is 0 Å². The van der Waals surface area contributed by atoms with Gasteiger partial charge in [0.25, 0.3) is 0 Å². The highest BCUT2D eigenvalue weighted by molar-refractivity contribution is 6.33. The van der Waals surface area contributed by atoms with Crippen molar-refractivity contribution in [2.24, 2.45) is 5.73 Å². The molecule has 1 rings (SSSR count). The highest BCUT2D eigenvalue weighted by Gasteiger charge is 2.11. The number of para-hydroxylation sites is 1. The lowest BCUT2D eigenvalue weighted by Gasteiger charge is -2.22. The van der Waals surface area contributed by atoms with Crippen LogP contribution in [0.25, 0.3) is 0 Å². The van der Waals surface area contributed by atoms with Gasteiger partial charge in [0.15, 0.2) is 0 Å². The second-order valence-corrected chi connectivity index (χ2v) is 4.35. The molecule has 0 fully saturated rings. The van der Waals surface area contributed by atoms with Crippen LogP contribution in [0.1, 0.15) is 19.4 Å². The summed E-state index contributed by atoms with van der Waals surface area (Å²) in [4.78, 5) is 2.15. The van der Waals surface area contributed by atoms with E-state index in [4.69, 9.17) is 17.3 Å². The summed E-state index contributed by atoms with van der Waals surface area (Å²) < 4.78 is 0. The minimum absolute atomic E-state index is 0.160. The lowest BCUT2D eigenvalue weighted by Crippen LogP contribution is -2.22. The van der Waals surface area contributed by atoms with Crippen molar-refractivity contribution in [2.45, 2.75) is 26.3 Å². The first-order chi connectivity index (χ1) is 7.06. The van der Waals surface area contributed by atoms with Crippen LogP contribution in [0.4, 0.5) is 5.69 Å². The van der Waals surface area contributed by atoms with Gasteiger partial charge < -0.3 is 10.6 Å². The smallest absolute Gasteiger partial charge is 0.0642 e. The van der Waals surface area contributed by atoms with Crippen LogP contribution in [0.15, 0.2) is 18.2 Å². The Kier molecular flexibility index (Phi) is 4.43. The average molecular weight is 227 g/mol. The van der Waals surface area contributed by atoms with E-state index in [1.165, 1.54) is 5.56 Å². The van der Waals surface area contributed by atoms with E-state index in [-0.39, 0.29) is 6.04 Å². The molecule has 0 saturated heterocycles. The zero-order valence-electron chi connectivity index (χ0n) is 9.63. The molecule has 1 atom stereocenters. The molecule has 0 bridgehead atoms. The van der Waals surface area contributed by atoms with Crippen molar-refractivity contribution in [3.8, 4) is 0 Å². The summed E-state index contributed by atoms with van der Waals surface area (Å²) in [6.07, 6.45) is 0.861. The standard InChI is InChI=1S/C12H19ClN2/c1-4-15(3)12-10(8-9(2)14)6-5-7-11(12)13/h5-7,9H,4,8,14H2,1-3H3. The highest BCUT2D eigenvalue weighted by atomic mass is 35.5. The van der Waals surface area contributed by atoms with E-state index in [0.29, 0.717) is 0 Å². The van der Waals surface area contributed by atoms with Crippen LogP contribution in [-0.2, 0) is 6.42 Å². The molecule has 84 valence electrons. The number of nitrogens with two attached hydrogens (primary N) is 1. The summed E-state index contributed by atoms with van der Waals surface area (Å²) in [5.74, 6) is 0. The number of benzene rings is 1. The van der Waals surface area contributed by atoms with Crippen molar-refractivity contribution >= 4 is 17.3 Å². The van der Waals surface area contributed by atoms with Gasteiger partial charge in [0, 0.05) is 19.6 Å². The van der Waals surface area contributed by atoms with Crippen molar-refractivity contribution in [1.82, 2.24) is 0 Å². The molecular formula is C12H19ClN2. The lowest BCUT2D eigenvalue weighted by atomic mass is 10.0. The normalized spacial score (nSPS) is 12.6. The molecule has 1 unspecified atom stereocenters. The second-order valence-electron chi connectivity index (χ2n) is 3.94. The van der Waals surface area contributed by atoms with Crippen LogP contribution in [0.3, 0.4) is 0 Å². The largest absolute Gasteiger partial charge is 0.373 e. The first-order valence-electron chi connectivity index (χ1n) is 5.30. The van der Waals surface area contributed by atoms with Gasteiger partial charge in [-0.2, -0.15) is 0 Å². The summed E-state index contributed by atoms with van der Waals surface area (Å²) in [6, 6.07) is 6.16. The summed E-state index contributed by atoms with van der Waals surface area (Å²) in [6.45, 7) is 5.06. The predicted molar refractivity (Wildman–Crippen MR) is 67.7 cm³/mol. The third-order valence-electron chi connectivity index (χ3n) is 2.47. The Balaban J connectivity index is 3.08. The van der Waals surface area contributed by atoms with Crippen molar-refractivity contribution in [2.75, 3.05) is 18.5 Å². The molecule has 0 aliphatic carbocycles. The third kappa shape index (κ3) is 3.11. The number of nitrogens with zero attached hydrogens (tertiary/aromatic N) is 1. The van der Waals surface area contributed by atoms with Crippen molar-refractivity contribution in [3.63, 3.8) is 0 Å². The Morgan fingerprint density at radius 3 is 2.67 bits per heavy atom. The minimum atomic E-state index is 0.160.